The number of hydrogen-bond donors (Lipinski definition) is 3. The molecule has 1 aliphatic heterocycles. The van der Waals surface area contributed by atoms with Crippen LogP contribution in [0.5, 0.6) is 0 Å². The zero-order valence-electron chi connectivity index (χ0n) is 12.4. The molecule has 0 aliphatic carbocycles. The third-order valence-electron chi connectivity index (χ3n) is 4.47. The molecule has 1 fully saturated rings. The molecule has 3 atom stereocenters. The molecule has 0 aromatic carbocycles. The number of aliphatic hydroxyl groups excluding tert-OH is 2. The summed E-state index contributed by atoms with van der Waals surface area (Å²) in [6, 6.07) is 0. The van der Waals surface area contributed by atoms with Gasteiger partial charge in [-0.2, -0.15) is 0 Å². The molecule has 3 heterocycles. The number of rotatable bonds is 4. The smallest absolute Gasteiger partial charge is 0.144 e. The van der Waals surface area contributed by atoms with Crippen molar-refractivity contribution in [2.45, 2.75) is 30.6 Å². The molecule has 0 saturated carbocycles. The highest BCUT2D eigenvalue weighted by molar-refractivity contribution is 7.18. The lowest BCUT2D eigenvalue weighted by molar-refractivity contribution is -0.0947. The van der Waals surface area contributed by atoms with Crippen LogP contribution in [0.15, 0.2) is 16.8 Å². The van der Waals surface area contributed by atoms with E-state index in [1.165, 1.54) is 17.7 Å². The van der Waals surface area contributed by atoms with Crippen molar-refractivity contribution in [1.29, 1.82) is 0 Å². The second-order valence-electron chi connectivity index (χ2n) is 5.47. The number of nitrogens with two attached hydrogens (primary N) is 1. The van der Waals surface area contributed by atoms with E-state index >= 15 is 0 Å². The van der Waals surface area contributed by atoms with Gasteiger partial charge in [0.15, 0.2) is 0 Å². The molecule has 23 heavy (non-hydrogen) atoms. The largest absolute Gasteiger partial charge is 0.393 e. The van der Waals surface area contributed by atoms with Gasteiger partial charge in [-0.25, -0.2) is 9.97 Å². The maximum Gasteiger partial charge on any atom is 0.144 e. The Bertz CT molecular complexity index is 785. The van der Waals surface area contributed by atoms with E-state index in [1.54, 1.807) is 12.3 Å². The van der Waals surface area contributed by atoms with Crippen LogP contribution in [-0.4, -0.2) is 45.1 Å². The van der Waals surface area contributed by atoms with E-state index in [0.29, 0.717) is 28.0 Å². The van der Waals surface area contributed by atoms with Crippen LogP contribution in [0.2, 0.25) is 0 Å². The Morgan fingerprint density at radius 2 is 2.39 bits per heavy atom. The average molecular weight is 336 g/mol. The Morgan fingerprint density at radius 1 is 1.61 bits per heavy atom. The standard InChI is InChI=1S/C13H16N6O3S/c1-2-12(4-20)11(21)13(5-22-12,18-19-15)7-3-23-9-8(7)16-6-17-10(9)14/h3,6,11,20-21H,2,4-5H2,1H3,(H2,14,16,17)/t11-,12-,13-/m1/s1. The normalized spacial score (nSPS) is 30.5. The summed E-state index contributed by atoms with van der Waals surface area (Å²) in [4.78, 5) is 11.0. The van der Waals surface area contributed by atoms with E-state index in [9.17, 15) is 10.2 Å². The van der Waals surface area contributed by atoms with E-state index in [4.69, 9.17) is 16.0 Å². The van der Waals surface area contributed by atoms with Gasteiger partial charge in [-0.1, -0.05) is 12.0 Å². The maximum atomic E-state index is 10.9. The Labute approximate surface area is 135 Å². The summed E-state index contributed by atoms with van der Waals surface area (Å²) in [5, 5.41) is 26.1. The number of azide groups is 1. The molecule has 0 radical (unpaired) electrons. The zero-order valence-corrected chi connectivity index (χ0v) is 13.2. The second-order valence-corrected chi connectivity index (χ2v) is 6.35. The minimum absolute atomic E-state index is 0.0532. The van der Waals surface area contributed by atoms with Gasteiger partial charge in [0.25, 0.3) is 0 Å². The topological polar surface area (TPSA) is 150 Å². The quantitative estimate of drug-likeness (QED) is 0.435. The third kappa shape index (κ3) is 2.07. The van der Waals surface area contributed by atoms with E-state index in [1.807, 2.05) is 0 Å². The molecule has 1 aliphatic rings. The van der Waals surface area contributed by atoms with Gasteiger partial charge in [-0.05, 0) is 17.3 Å². The van der Waals surface area contributed by atoms with Crippen LogP contribution in [0.25, 0.3) is 20.7 Å². The number of nitrogens with zero attached hydrogens (tertiary/aromatic N) is 5. The number of thiophene rings is 1. The first-order chi connectivity index (χ1) is 11.0. The van der Waals surface area contributed by atoms with Crippen LogP contribution in [-0.2, 0) is 10.3 Å². The van der Waals surface area contributed by atoms with Gasteiger partial charge in [0.05, 0.1) is 23.4 Å². The Kier molecular flexibility index (Phi) is 3.86. The second kappa shape index (κ2) is 5.59. The molecule has 0 unspecified atom stereocenters. The van der Waals surface area contributed by atoms with Crippen molar-refractivity contribution in [2.75, 3.05) is 18.9 Å². The molecule has 3 rings (SSSR count). The lowest BCUT2D eigenvalue weighted by Crippen LogP contribution is -2.49. The average Bonchev–Trinajstić information content (AvgIpc) is 3.11. The number of nitrogen functional groups attached to an aromatic ring is 1. The van der Waals surface area contributed by atoms with Crippen molar-refractivity contribution in [1.82, 2.24) is 9.97 Å². The van der Waals surface area contributed by atoms with Crippen LogP contribution < -0.4 is 5.73 Å². The molecule has 1 saturated heterocycles. The van der Waals surface area contributed by atoms with Gasteiger partial charge >= 0.3 is 0 Å². The molecule has 10 heteroatoms. The van der Waals surface area contributed by atoms with Gasteiger partial charge in [0.1, 0.15) is 29.4 Å². The predicted molar refractivity (Wildman–Crippen MR) is 84.7 cm³/mol. The summed E-state index contributed by atoms with van der Waals surface area (Å²) < 4.78 is 6.34. The molecule has 122 valence electrons. The summed E-state index contributed by atoms with van der Waals surface area (Å²) in [7, 11) is 0. The van der Waals surface area contributed by atoms with Crippen molar-refractivity contribution in [3.05, 3.63) is 27.7 Å². The first kappa shape index (κ1) is 15.9. The molecule has 0 amide bonds. The predicted octanol–water partition coefficient (Wildman–Crippen LogP) is 1.31. The van der Waals surface area contributed by atoms with E-state index < -0.39 is 17.2 Å². The number of aliphatic hydroxyl groups is 2. The fraction of sp³-hybridized carbons (Fsp3) is 0.538. The van der Waals surface area contributed by atoms with Crippen molar-refractivity contribution in [3.63, 3.8) is 0 Å². The molecule has 4 N–H and O–H groups in total. The summed E-state index contributed by atoms with van der Waals surface area (Å²) in [5.41, 5.74) is 13.4. The first-order valence-electron chi connectivity index (χ1n) is 7.02. The van der Waals surface area contributed by atoms with Crippen LogP contribution in [0, 0.1) is 0 Å². The highest BCUT2D eigenvalue weighted by Gasteiger charge is 2.58. The Hall–Kier alpha value is -1.97. The number of aromatic nitrogens is 2. The molecule has 0 spiro atoms. The fourth-order valence-electron chi connectivity index (χ4n) is 3.00. The monoisotopic (exact) mass is 336 g/mol. The molecular weight excluding hydrogens is 320 g/mol. The third-order valence-corrected chi connectivity index (χ3v) is 5.46. The van der Waals surface area contributed by atoms with Crippen molar-refractivity contribution in [3.8, 4) is 0 Å². The molecular formula is C13H16N6O3S. The molecule has 2 aromatic rings. The summed E-state index contributed by atoms with van der Waals surface area (Å²) in [5.74, 6) is 0.319. The van der Waals surface area contributed by atoms with Gasteiger partial charge < -0.3 is 20.7 Å². The fourth-order valence-corrected chi connectivity index (χ4v) is 4.00. The van der Waals surface area contributed by atoms with E-state index in [-0.39, 0.29) is 13.2 Å². The number of anilines is 1. The SMILES string of the molecule is CC[C@]1(CO)OC[C@@](N=[N+]=[N-])(c2csc3c(N)ncnc23)[C@@H]1O. The zero-order chi connectivity index (χ0) is 16.7. The van der Waals surface area contributed by atoms with Crippen LogP contribution >= 0.6 is 11.3 Å². The summed E-state index contributed by atoms with van der Waals surface area (Å²) in [6.45, 7) is 1.35. The number of fused-ring (bicyclic) bond motifs is 1. The summed E-state index contributed by atoms with van der Waals surface area (Å²) in [6.07, 6.45) is 0.473. The first-order valence-corrected chi connectivity index (χ1v) is 7.90. The highest BCUT2D eigenvalue weighted by atomic mass is 32.1. The molecule has 2 aromatic heterocycles. The van der Waals surface area contributed by atoms with Gasteiger partial charge in [0, 0.05) is 10.5 Å². The Balaban J connectivity index is 2.23. The lowest BCUT2D eigenvalue weighted by Gasteiger charge is -2.33. The van der Waals surface area contributed by atoms with Crippen molar-refractivity contribution < 1.29 is 14.9 Å². The Morgan fingerprint density at radius 3 is 3.00 bits per heavy atom. The van der Waals surface area contributed by atoms with Gasteiger partial charge in [0.2, 0.25) is 0 Å². The maximum absolute atomic E-state index is 10.9. The minimum atomic E-state index is -1.37. The summed E-state index contributed by atoms with van der Waals surface area (Å²) >= 11 is 1.31. The van der Waals surface area contributed by atoms with Gasteiger partial charge in [-0.3, -0.25) is 0 Å². The number of ether oxygens (including phenoxy) is 1. The molecule has 9 nitrogen and oxygen atoms in total. The molecule has 0 bridgehead atoms. The van der Waals surface area contributed by atoms with Gasteiger partial charge in [-0.15, -0.1) is 11.3 Å². The van der Waals surface area contributed by atoms with Crippen molar-refractivity contribution in [2.24, 2.45) is 5.11 Å². The van der Waals surface area contributed by atoms with Crippen LogP contribution in [0.3, 0.4) is 0 Å². The minimum Gasteiger partial charge on any atom is -0.393 e. The van der Waals surface area contributed by atoms with Crippen LogP contribution in [0.1, 0.15) is 18.9 Å². The van der Waals surface area contributed by atoms with Crippen molar-refractivity contribution >= 4 is 27.4 Å². The number of hydrogen-bond acceptors (Lipinski definition) is 8. The highest BCUT2D eigenvalue weighted by Crippen LogP contribution is 2.48. The van der Waals surface area contributed by atoms with E-state index in [0.717, 1.165) is 0 Å². The lowest BCUT2D eigenvalue weighted by atomic mass is 9.80. The van der Waals surface area contributed by atoms with E-state index in [2.05, 4.69) is 20.0 Å². The van der Waals surface area contributed by atoms with Crippen LogP contribution in [0.4, 0.5) is 5.82 Å².